The maximum atomic E-state index is 14.8. The Morgan fingerprint density at radius 1 is 1.29 bits per heavy atom. The topological polar surface area (TPSA) is 101 Å². The van der Waals surface area contributed by atoms with Crippen LogP contribution in [0.5, 0.6) is 0 Å². The molecule has 34 heavy (non-hydrogen) atoms. The molecule has 178 valence electrons. The number of carbonyl (C=O) groups excluding carboxylic acids is 2. The van der Waals surface area contributed by atoms with Crippen molar-refractivity contribution in [3.63, 3.8) is 0 Å². The molecule has 0 bridgehead atoms. The standard InChI is InChI=1S/C23H22F3N5O3/c1-30-21(33)23(29-22(30)27,14-11-18(20(32)34-2)31(12-14)9-7-24)13-5-6-17(25)16(10-13)15-4-3-8-28-19(15)26/h3-6,8,10-11,14H,7,9,12H2,1-2H3,(H2,27,29)/t14?,23-/m0/s1. The number of aromatic nitrogens is 1. The van der Waals surface area contributed by atoms with Gasteiger partial charge in [-0.3, -0.25) is 9.69 Å². The number of carbonyl (C=O) groups is 2. The highest BCUT2D eigenvalue weighted by atomic mass is 19.1. The summed E-state index contributed by atoms with van der Waals surface area (Å²) >= 11 is 0. The normalized spacial score (nSPS) is 22.1. The maximum Gasteiger partial charge on any atom is 0.354 e. The molecule has 2 aliphatic heterocycles. The molecule has 1 amide bonds. The van der Waals surface area contributed by atoms with Crippen LogP contribution in [0.1, 0.15) is 5.56 Å². The third kappa shape index (κ3) is 3.57. The number of aliphatic imine (C=N–C) groups is 1. The van der Waals surface area contributed by atoms with Gasteiger partial charge in [-0.2, -0.15) is 4.39 Å². The van der Waals surface area contributed by atoms with Gasteiger partial charge in [0.15, 0.2) is 11.5 Å². The minimum Gasteiger partial charge on any atom is -0.464 e. The third-order valence-electron chi connectivity index (χ3n) is 6.12. The lowest BCUT2D eigenvalue weighted by molar-refractivity contribution is -0.137. The second-order valence-corrected chi connectivity index (χ2v) is 7.92. The number of ether oxygens (including phenoxy) is 1. The number of likely N-dealkylation sites (N-methyl/N-ethyl adjacent to an activating group) is 1. The molecule has 11 heteroatoms. The highest BCUT2D eigenvalue weighted by Crippen LogP contribution is 2.45. The summed E-state index contributed by atoms with van der Waals surface area (Å²) in [6, 6.07) is 6.62. The van der Waals surface area contributed by atoms with Crippen molar-refractivity contribution < 1.29 is 27.5 Å². The van der Waals surface area contributed by atoms with Crippen molar-refractivity contribution in [2.75, 3.05) is 33.9 Å². The molecule has 8 nitrogen and oxygen atoms in total. The molecule has 0 saturated carbocycles. The van der Waals surface area contributed by atoms with Gasteiger partial charge in [0.2, 0.25) is 5.95 Å². The van der Waals surface area contributed by atoms with E-state index in [4.69, 9.17) is 10.5 Å². The Morgan fingerprint density at radius 2 is 2.06 bits per heavy atom. The van der Waals surface area contributed by atoms with E-state index in [0.717, 1.165) is 11.0 Å². The van der Waals surface area contributed by atoms with Crippen LogP contribution in [0.4, 0.5) is 13.2 Å². The molecule has 2 N–H and O–H groups in total. The molecule has 1 aromatic heterocycles. The fraction of sp³-hybridized carbons (Fsp3) is 0.304. The van der Waals surface area contributed by atoms with Crippen LogP contribution in [0, 0.1) is 17.7 Å². The number of benzene rings is 1. The van der Waals surface area contributed by atoms with Crippen molar-refractivity contribution in [2.45, 2.75) is 5.54 Å². The maximum absolute atomic E-state index is 14.8. The van der Waals surface area contributed by atoms with E-state index in [-0.39, 0.29) is 41.4 Å². The summed E-state index contributed by atoms with van der Waals surface area (Å²) in [7, 11) is 2.63. The third-order valence-corrected chi connectivity index (χ3v) is 6.12. The summed E-state index contributed by atoms with van der Waals surface area (Å²) in [6.07, 6.45) is 2.72. The second kappa shape index (κ2) is 8.81. The molecule has 4 rings (SSSR count). The smallest absolute Gasteiger partial charge is 0.354 e. The Labute approximate surface area is 193 Å². The van der Waals surface area contributed by atoms with Gasteiger partial charge in [0, 0.05) is 43.4 Å². The number of rotatable bonds is 6. The Kier molecular flexibility index (Phi) is 6.03. The van der Waals surface area contributed by atoms with Crippen LogP contribution in [0.2, 0.25) is 0 Å². The number of methoxy groups -OCH3 is 1. The minimum absolute atomic E-state index is 0.0542. The molecule has 0 spiro atoms. The summed E-state index contributed by atoms with van der Waals surface area (Å²) in [5.41, 5.74) is 4.41. The number of guanidine groups is 1. The Balaban J connectivity index is 1.91. The van der Waals surface area contributed by atoms with Gasteiger partial charge in [0.05, 0.1) is 7.11 Å². The lowest BCUT2D eigenvalue weighted by Gasteiger charge is -2.32. The van der Waals surface area contributed by atoms with E-state index in [2.05, 4.69) is 9.98 Å². The van der Waals surface area contributed by atoms with Gasteiger partial charge in [-0.25, -0.2) is 23.6 Å². The fourth-order valence-electron chi connectivity index (χ4n) is 4.42. The van der Waals surface area contributed by atoms with Gasteiger partial charge in [0.1, 0.15) is 18.2 Å². The predicted molar refractivity (Wildman–Crippen MR) is 117 cm³/mol. The Hall–Kier alpha value is -3.89. The van der Waals surface area contributed by atoms with E-state index in [1.54, 1.807) is 0 Å². The number of amides is 1. The average molecular weight is 473 g/mol. The monoisotopic (exact) mass is 473 g/mol. The molecule has 0 radical (unpaired) electrons. The van der Waals surface area contributed by atoms with E-state index in [0.29, 0.717) is 0 Å². The summed E-state index contributed by atoms with van der Waals surface area (Å²) in [5.74, 6) is -3.69. The van der Waals surface area contributed by atoms with Crippen LogP contribution in [0.25, 0.3) is 11.1 Å². The lowest BCUT2D eigenvalue weighted by atomic mass is 9.77. The number of esters is 1. The SMILES string of the molecule is COC(=O)C1=CC([C@]2(c3ccc(F)c(-c4cccnc4F)c3)N=C(N)N(C)C2=O)CN1CCF. The predicted octanol–water partition coefficient (Wildman–Crippen LogP) is 1.97. The Morgan fingerprint density at radius 3 is 2.68 bits per heavy atom. The van der Waals surface area contributed by atoms with Crippen LogP contribution in [-0.2, 0) is 19.9 Å². The van der Waals surface area contributed by atoms with Gasteiger partial charge in [-0.1, -0.05) is 6.07 Å². The van der Waals surface area contributed by atoms with Crippen LogP contribution in [-0.4, -0.2) is 66.5 Å². The largest absolute Gasteiger partial charge is 0.464 e. The highest BCUT2D eigenvalue weighted by molar-refractivity contribution is 6.07. The molecule has 0 fully saturated rings. The first-order valence-corrected chi connectivity index (χ1v) is 10.4. The molecule has 2 aromatic rings. The zero-order chi connectivity index (χ0) is 24.6. The number of nitrogens with zero attached hydrogens (tertiary/aromatic N) is 4. The van der Waals surface area contributed by atoms with Gasteiger partial charge in [-0.15, -0.1) is 0 Å². The first-order valence-electron chi connectivity index (χ1n) is 10.4. The van der Waals surface area contributed by atoms with Gasteiger partial charge in [-0.05, 0) is 35.9 Å². The number of nitrogens with two attached hydrogens (primary N) is 1. The molecule has 1 aromatic carbocycles. The average Bonchev–Trinajstić information content (AvgIpc) is 3.35. The van der Waals surface area contributed by atoms with E-state index >= 15 is 0 Å². The molecule has 1 unspecified atom stereocenters. The lowest BCUT2D eigenvalue weighted by Crippen LogP contribution is -2.46. The molecule has 0 saturated heterocycles. The minimum atomic E-state index is -1.69. The quantitative estimate of drug-likeness (QED) is 0.509. The summed E-state index contributed by atoms with van der Waals surface area (Å²) in [4.78, 5) is 36.5. The number of hydrogen-bond acceptors (Lipinski definition) is 7. The number of pyridine rings is 1. The summed E-state index contributed by atoms with van der Waals surface area (Å²) in [5, 5.41) is 0. The van der Waals surface area contributed by atoms with Crippen molar-refractivity contribution in [1.82, 2.24) is 14.8 Å². The number of hydrogen-bond donors (Lipinski definition) is 1. The zero-order valence-corrected chi connectivity index (χ0v) is 18.5. The molecular formula is C23H22F3N5O3. The van der Waals surface area contributed by atoms with Crippen molar-refractivity contribution >= 4 is 17.8 Å². The summed E-state index contributed by atoms with van der Waals surface area (Å²) in [6.45, 7) is -0.792. The van der Waals surface area contributed by atoms with E-state index in [9.17, 15) is 22.8 Å². The molecule has 2 atom stereocenters. The van der Waals surface area contributed by atoms with Crippen LogP contribution < -0.4 is 5.73 Å². The summed E-state index contributed by atoms with van der Waals surface area (Å²) < 4.78 is 47.2. The number of alkyl halides is 1. The van der Waals surface area contributed by atoms with Crippen LogP contribution >= 0.6 is 0 Å². The molecule has 2 aliphatic rings. The highest BCUT2D eigenvalue weighted by Gasteiger charge is 2.55. The van der Waals surface area contributed by atoms with Crippen LogP contribution in [0.15, 0.2) is 53.3 Å². The zero-order valence-electron chi connectivity index (χ0n) is 18.5. The Bertz CT molecular complexity index is 1220. The van der Waals surface area contributed by atoms with Crippen LogP contribution in [0.3, 0.4) is 0 Å². The number of halogens is 3. The first-order chi connectivity index (χ1) is 16.2. The van der Waals surface area contributed by atoms with Crippen molar-refractivity contribution in [3.8, 4) is 11.1 Å². The van der Waals surface area contributed by atoms with Crippen molar-refractivity contribution in [1.29, 1.82) is 0 Å². The second-order valence-electron chi connectivity index (χ2n) is 7.92. The molecule has 3 heterocycles. The fourth-order valence-corrected chi connectivity index (χ4v) is 4.42. The molecule has 0 aliphatic carbocycles. The van der Waals surface area contributed by atoms with E-state index in [1.165, 1.54) is 55.6 Å². The van der Waals surface area contributed by atoms with Crippen molar-refractivity contribution in [3.05, 3.63) is 65.6 Å². The van der Waals surface area contributed by atoms with Gasteiger partial charge >= 0.3 is 5.97 Å². The van der Waals surface area contributed by atoms with Gasteiger partial charge in [0.25, 0.3) is 5.91 Å². The van der Waals surface area contributed by atoms with Gasteiger partial charge < -0.3 is 15.4 Å². The van der Waals surface area contributed by atoms with Crippen molar-refractivity contribution in [2.24, 2.45) is 16.6 Å². The first kappa shape index (κ1) is 23.3. The molecular weight excluding hydrogens is 451 g/mol. The van der Waals surface area contributed by atoms with E-state index < -0.39 is 41.8 Å². The van der Waals surface area contributed by atoms with E-state index in [1.807, 2.05) is 0 Å².